The number of aromatic nitrogens is 3. The predicted molar refractivity (Wildman–Crippen MR) is 112 cm³/mol. The van der Waals surface area contributed by atoms with Crippen LogP contribution in [0.25, 0.3) is 0 Å². The second-order valence-electron chi connectivity index (χ2n) is 7.32. The zero-order chi connectivity index (χ0) is 20.5. The first-order chi connectivity index (χ1) is 14.2. The number of likely N-dealkylation sites (tertiary alicyclic amines) is 1. The average molecular weight is 404 g/mol. The second-order valence-corrected chi connectivity index (χ2v) is 7.32. The Morgan fingerprint density at radius 2 is 2.14 bits per heavy atom. The highest BCUT2D eigenvalue weighted by Gasteiger charge is 2.25. The lowest BCUT2D eigenvalue weighted by molar-refractivity contribution is 0.195. The van der Waals surface area contributed by atoms with Crippen LogP contribution in [0.5, 0.6) is 0 Å². The lowest BCUT2D eigenvalue weighted by Crippen LogP contribution is -2.43. The lowest BCUT2D eigenvalue weighted by Gasteiger charge is -2.26. The van der Waals surface area contributed by atoms with Crippen LogP contribution < -0.4 is 10.6 Å². The topological polar surface area (TPSA) is 92.7 Å². The van der Waals surface area contributed by atoms with Crippen LogP contribution >= 0.6 is 0 Å². The molecule has 160 valence electrons. The van der Waals surface area contributed by atoms with Crippen molar-refractivity contribution in [3.8, 4) is 0 Å². The van der Waals surface area contributed by atoms with Crippen LogP contribution in [-0.4, -0.2) is 65.5 Å². The lowest BCUT2D eigenvalue weighted by atomic mass is 10.2. The van der Waals surface area contributed by atoms with Gasteiger partial charge in [-0.25, -0.2) is 4.99 Å². The Hall–Kier alpha value is -2.39. The van der Waals surface area contributed by atoms with Gasteiger partial charge in [0, 0.05) is 33.9 Å². The fourth-order valence-corrected chi connectivity index (χ4v) is 3.47. The highest BCUT2D eigenvalue weighted by Crippen LogP contribution is 2.24. The van der Waals surface area contributed by atoms with E-state index in [1.54, 1.807) is 13.4 Å². The first kappa shape index (κ1) is 21.3. The van der Waals surface area contributed by atoms with Crippen LogP contribution in [0.3, 0.4) is 0 Å². The molecule has 9 nitrogen and oxygen atoms in total. The highest BCUT2D eigenvalue weighted by atomic mass is 16.5. The molecule has 0 amide bonds. The summed E-state index contributed by atoms with van der Waals surface area (Å²) < 4.78 is 12.8. The fourth-order valence-electron chi connectivity index (χ4n) is 3.47. The van der Waals surface area contributed by atoms with Gasteiger partial charge in [0.1, 0.15) is 18.1 Å². The van der Waals surface area contributed by atoms with Gasteiger partial charge in [0.05, 0.1) is 12.3 Å². The summed E-state index contributed by atoms with van der Waals surface area (Å²) in [5.74, 6) is 3.46. The SMILES string of the molecule is COCCCNC(=NCc1nnc(C)n1C)NCC(c1ccco1)N1CCCC1. The molecule has 0 aromatic carbocycles. The number of guanidine groups is 1. The van der Waals surface area contributed by atoms with Crippen molar-refractivity contribution in [2.24, 2.45) is 12.0 Å². The maximum atomic E-state index is 5.72. The van der Waals surface area contributed by atoms with Crippen LogP contribution in [0.1, 0.15) is 42.7 Å². The van der Waals surface area contributed by atoms with Gasteiger partial charge in [-0.05, 0) is 51.4 Å². The predicted octanol–water partition coefficient (Wildman–Crippen LogP) is 1.63. The van der Waals surface area contributed by atoms with E-state index in [9.17, 15) is 0 Å². The van der Waals surface area contributed by atoms with Crippen molar-refractivity contribution in [3.05, 3.63) is 35.8 Å². The number of hydrogen-bond donors (Lipinski definition) is 2. The average Bonchev–Trinajstić information content (AvgIpc) is 3.49. The number of aliphatic imine (C=N–C) groups is 1. The van der Waals surface area contributed by atoms with E-state index in [1.807, 2.05) is 24.6 Å². The minimum Gasteiger partial charge on any atom is -0.468 e. The Morgan fingerprint density at radius 1 is 1.31 bits per heavy atom. The van der Waals surface area contributed by atoms with Gasteiger partial charge in [-0.2, -0.15) is 0 Å². The number of nitrogens with one attached hydrogen (secondary N) is 2. The quantitative estimate of drug-likeness (QED) is 0.354. The van der Waals surface area contributed by atoms with Crippen LogP contribution in [-0.2, 0) is 18.3 Å². The molecule has 0 spiro atoms. The molecular formula is C20H33N7O2. The summed E-state index contributed by atoms with van der Waals surface area (Å²) in [6, 6.07) is 4.19. The zero-order valence-corrected chi connectivity index (χ0v) is 17.7. The van der Waals surface area contributed by atoms with Crippen molar-refractivity contribution in [1.29, 1.82) is 0 Å². The van der Waals surface area contributed by atoms with Crippen molar-refractivity contribution in [3.63, 3.8) is 0 Å². The molecule has 0 radical (unpaired) electrons. The van der Waals surface area contributed by atoms with Gasteiger partial charge in [0.2, 0.25) is 0 Å². The fraction of sp³-hybridized carbons (Fsp3) is 0.650. The molecule has 9 heteroatoms. The molecule has 3 rings (SSSR count). The van der Waals surface area contributed by atoms with Crippen LogP contribution in [0.2, 0.25) is 0 Å². The van der Waals surface area contributed by atoms with Gasteiger partial charge in [-0.1, -0.05) is 0 Å². The van der Waals surface area contributed by atoms with E-state index in [-0.39, 0.29) is 6.04 Å². The third-order valence-electron chi connectivity index (χ3n) is 5.29. The van der Waals surface area contributed by atoms with E-state index in [4.69, 9.17) is 14.1 Å². The summed E-state index contributed by atoms with van der Waals surface area (Å²) in [5.41, 5.74) is 0. The van der Waals surface area contributed by atoms with E-state index in [1.165, 1.54) is 12.8 Å². The molecule has 2 aromatic rings. The zero-order valence-electron chi connectivity index (χ0n) is 17.7. The maximum absolute atomic E-state index is 5.72. The smallest absolute Gasteiger partial charge is 0.191 e. The van der Waals surface area contributed by atoms with Gasteiger partial charge in [0.15, 0.2) is 11.8 Å². The Bertz CT molecular complexity index is 751. The molecule has 1 saturated heterocycles. The standard InChI is InChI=1S/C20H33N7O2/c1-16-24-25-19(26(16)2)15-23-20(21-9-7-12-28-3)22-14-17(18-8-6-13-29-18)27-10-4-5-11-27/h6,8,13,17H,4-5,7,9-12,14-15H2,1-3H3,(H2,21,22,23). The van der Waals surface area contributed by atoms with E-state index in [2.05, 4.69) is 31.8 Å². The number of hydrogen-bond acceptors (Lipinski definition) is 6. The molecule has 0 aliphatic carbocycles. The van der Waals surface area contributed by atoms with Crippen molar-refractivity contribution in [1.82, 2.24) is 30.3 Å². The number of aryl methyl sites for hydroxylation is 1. The summed E-state index contributed by atoms with van der Waals surface area (Å²) in [5, 5.41) is 15.2. The number of rotatable bonds is 10. The molecule has 2 aromatic heterocycles. The summed E-state index contributed by atoms with van der Waals surface area (Å²) >= 11 is 0. The Morgan fingerprint density at radius 3 is 2.79 bits per heavy atom. The largest absolute Gasteiger partial charge is 0.468 e. The van der Waals surface area contributed by atoms with Crippen molar-refractivity contribution in [2.75, 3.05) is 39.9 Å². The molecule has 1 atom stereocenters. The Labute approximate surface area is 172 Å². The molecule has 1 unspecified atom stereocenters. The first-order valence-electron chi connectivity index (χ1n) is 10.3. The molecule has 1 aliphatic heterocycles. The Kier molecular flexibility index (Phi) is 8.06. The van der Waals surface area contributed by atoms with E-state index in [0.717, 1.165) is 56.0 Å². The third-order valence-corrected chi connectivity index (χ3v) is 5.29. The molecule has 0 saturated carbocycles. The Balaban J connectivity index is 1.65. The summed E-state index contributed by atoms with van der Waals surface area (Å²) in [6.45, 7) is 6.82. The van der Waals surface area contributed by atoms with E-state index >= 15 is 0 Å². The monoisotopic (exact) mass is 403 g/mol. The summed E-state index contributed by atoms with van der Waals surface area (Å²) in [7, 11) is 3.67. The molecule has 1 fully saturated rings. The van der Waals surface area contributed by atoms with Crippen LogP contribution in [0.15, 0.2) is 27.8 Å². The van der Waals surface area contributed by atoms with Gasteiger partial charge in [-0.15, -0.1) is 10.2 Å². The normalized spacial score (nSPS) is 16.3. The molecule has 0 bridgehead atoms. The third kappa shape index (κ3) is 6.04. The molecule has 29 heavy (non-hydrogen) atoms. The van der Waals surface area contributed by atoms with Gasteiger partial charge in [0.25, 0.3) is 0 Å². The second kappa shape index (κ2) is 11.0. The minimum absolute atomic E-state index is 0.190. The molecule has 1 aliphatic rings. The van der Waals surface area contributed by atoms with Crippen molar-refractivity contribution in [2.45, 2.75) is 38.8 Å². The number of furan rings is 1. The molecule has 2 N–H and O–H groups in total. The van der Waals surface area contributed by atoms with E-state index < -0.39 is 0 Å². The van der Waals surface area contributed by atoms with Gasteiger partial charge < -0.3 is 24.4 Å². The number of ether oxygens (including phenoxy) is 1. The van der Waals surface area contributed by atoms with Gasteiger partial charge in [-0.3, -0.25) is 4.90 Å². The number of nitrogens with zero attached hydrogens (tertiary/aromatic N) is 5. The van der Waals surface area contributed by atoms with Crippen LogP contribution in [0, 0.1) is 6.92 Å². The van der Waals surface area contributed by atoms with Crippen LogP contribution in [0.4, 0.5) is 0 Å². The first-order valence-corrected chi connectivity index (χ1v) is 10.3. The van der Waals surface area contributed by atoms with Gasteiger partial charge >= 0.3 is 0 Å². The van der Waals surface area contributed by atoms with Crippen molar-refractivity contribution >= 4 is 5.96 Å². The van der Waals surface area contributed by atoms with Crippen molar-refractivity contribution < 1.29 is 9.15 Å². The highest BCUT2D eigenvalue weighted by molar-refractivity contribution is 5.79. The molecular weight excluding hydrogens is 370 g/mol. The summed E-state index contributed by atoms with van der Waals surface area (Å²) in [4.78, 5) is 7.20. The van der Waals surface area contributed by atoms with E-state index in [0.29, 0.717) is 13.2 Å². The maximum Gasteiger partial charge on any atom is 0.191 e. The number of methoxy groups -OCH3 is 1. The minimum atomic E-state index is 0.190. The molecule has 3 heterocycles. The summed E-state index contributed by atoms with van der Waals surface area (Å²) in [6.07, 6.45) is 5.12.